The van der Waals surface area contributed by atoms with Gasteiger partial charge < -0.3 is 50.3 Å². The van der Waals surface area contributed by atoms with Gasteiger partial charge in [-0.2, -0.15) is 0 Å². The Bertz CT molecular complexity index is 2250. The van der Waals surface area contributed by atoms with Crippen molar-refractivity contribution in [1.82, 2.24) is 0 Å². The van der Waals surface area contributed by atoms with Crippen molar-refractivity contribution < 1.29 is 59.9 Å². The minimum absolute atomic E-state index is 0.0310. The summed E-state index contributed by atoms with van der Waals surface area (Å²) in [6, 6.07) is 12.3. The molecule has 4 aromatic rings. The van der Waals surface area contributed by atoms with Crippen molar-refractivity contribution in [2.75, 3.05) is 0 Å². The number of hydrogen-bond acceptors (Lipinski definition) is 12. The highest BCUT2D eigenvalue weighted by atomic mass is 16.7. The smallest absolute Gasteiger partial charge is 0.286 e. The third kappa shape index (κ3) is 5.09. The average Bonchev–Trinajstić information content (AvgIpc) is 3.30. The number of phenols is 7. The van der Waals surface area contributed by atoms with E-state index in [-0.39, 0.29) is 69.6 Å². The number of fused-ring (bicyclic) bond motifs is 4. The number of aliphatic hydroxyl groups is 1. The average molecular weight is 709 g/mol. The topological polar surface area (TPSA) is 214 Å². The number of allylic oxidation sites excluding steroid dienone is 3. The summed E-state index contributed by atoms with van der Waals surface area (Å²) in [7, 11) is 0. The molecule has 0 radical (unpaired) electrons. The van der Waals surface area contributed by atoms with E-state index in [0.29, 0.717) is 5.57 Å². The molecule has 0 bridgehead atoms. The molecule has 52 heavy (non-hydrogen) atoms. The highest BCUT2D eigenvalue weighted by Crippen LogP contribution is 2.60. The molecule has 0 saturated carbocycles. The molecule has 0 saturated heterocycles. The Kier molecular flexibility index (Phi) is 7.91. The zero-order valence-electron chi connectivity index (χ0n) is 28.3. The molecule has 268 valence electrons. The van der Waals surface area contributed by atoms with Crippen LogP contribution in [-0.4, -0.2) is 58.0 Å². The maximum Gasteiger partial charge on any atom is 0.286 e. The summed E-state index contributed by atoms with van der Waals surface area (Å²) in [6.07, 6.45) is 3.28. The predicted molar refractivity (Wildman–Crippen MR) is 185 cm³/mol. The molecule has 2 heterocycles. The van der Waals surface area contributed by atoms with Crippen LogP contribution in [0.4, 0.5) is 0 Å². The van der Waals surface area contributed by atoms with E-state index in [1.54, 1.807) is 32.9 Å². The summed E-state index contributed by atoms with van der Waals surface area (Å²) in [6.45, 7) is 5.31. The standard InChI is InChI=1S/C40H36O12/c1-18(2)10-11-39-38(49)35-32(52-40(39,50)27-9-6-22(43)16-31(27)51-39)17-30(46)34(37(35)48)26-13-19(3)12-25(23-7-4-20(41)14-28(23)44)33(26)36(47)24-8-5-21(42)15-29(24)45/h4-10,13-17,25-26,33,41-46,48,50H,11-12H2,1-3H3/t25-,26-,33-,39-,40-/m0/s1. The first kappa shape index (κ1) is 34.3. The zero-order chi connectivity index (χ0) is 37.4. The van der Waals surface area contributed by atoms with Gasteiger partial charge in [0.25, 0.3) is 5.79 Å². The molecule has 0 aromatic heterocycles. The third-order valence-corrected chi connectivity index (χ3v) is 10.2. The number of carbonyl (C=O) groups is 2. The maximum absolute atomic E-state index is 14.8. The van der Waals surface area contributed by atoms with Crippen molar-refractivity contribution in [3.63, 3.8) is 0 Å². The van der Waals surface area contributed by atoms with E-state index in [0.717, 1.165) is 23.8 Å². The molecule has 4 aromatic carbocycles. The van der Waals surface area contributed by atoms with Crippen molar-refractivity contribution in [1.29, 1.82) is 0 Å². The summed E-state index contributed by atoms with van der Waals surface area (Å²) in [5, 5.41) is 87.9. The van der Waals surface area contributed by atoms with E-state index in [1.165, 1.54) is 42.5 Å². The predicted octanol–water partition coefficient (Wildman–Crippen LogP) is 6.25. The first-order valence-electron chi connectivity index (χ1n) is 16.5. The van der Waals surface area contributed by atoms with Gasteiger partial charge in [-0.1, -0.05) is 29.4 Å². The quantitative estimate of drug-likeness (QED) is 0.0824. The number of carbonyl (C=O) groups excluding carboxylic acids is 2. The van der Waals surface area contributed by atoms with Crippen LogP contribution in [0, 0.1) is 5.92 Å². The molecular formula is C40H36O12. The third-order valence-electron chi connectivity index (χ3n) is 10.2. The molecule has 0 unspecified atom stereocenters. The summed E-state index contributed by atoms with van der Waals surface area (Å²) >= 11 is 0. The van der Waals surface area contributed by atoms with Crippen molar-refractivity contribution >= 4 is 11.6 Å². The first-order chi connectivity index (χ1) is 24.6. The fourth-order valence-corrected chi connectivity index (χ4v) is 7.81. The number of ether oxygens (including phenoxy) is 2. The van der Waals surface area contributed by atoms with Gasteiger partial charge in [0.15, 0.2) is 5.78 Å². The van der Waals surface area contributed by atoms with Crippen LogP contribution in [0.25, 0.3) is 0 Å². The van der Waals surface area contributed by atoms with Crippen LogP contribution in [0.5, 0.6) is 51.7 Å². The number of aromatic hydroxyl groups is 7. The second kappa shape index (κ2) is 12.0. The summed E-state index contributed by atoms with van der Waals surface area (Å²) in [5.74, 6) is -10.6. The number of rotatable bonds is 6. The van der Waals surface area contributed by atoms with Gasteiger partial charge in [-0.15, -0.1) is 0 Å². The number of hydrogen-bond donors (Lipinski definition) is 8. The van der Waals surface area contributed by atoms with E-state index >= 15 is 0 Å². The van der Waals surface area contributed by atoms with Gasteiger partial charge >= 0.3 is 0 Å². The molecule has 12 heteroatoms. The maximum atomic E-state index is 14.8. The molecule has 12 nitrogen and oxygen atoms in total. The Morgan fingerprint density at radius 3 is 2.15 bits per heavy atom. The minimum atomic E-state index is -2.45. The number of Topliss-reactive ketones (excluding diaryl/α,β-unsaturated/α-hetero) is 2. The number of phenolic OH excluding ortho intramolecular Hbond substituents is 7. The molecule has 1 aliphatic carbocycles. The van der Waals surface area contributed by atoms with Crippen molar-refractivity contribution in [2.45, 2.75) is 56.8 Å². The lowest BCUT2D eigenvalue weighted by Gasteiger charge is -2.43. The Morgan fingerprint density at radius 2 is 1.48 bits per heavy atom. The van der Waals surface area contributed by atoms with Crippen LogP contribution < -0.4 is 9.47 Å². The Balaban J connectivity index is 1.44. The van der Waals surface area contributed by atoms with E-state index in [4.69, 9.17) is 9.47 Å². The lowest BCUT2D eigenvalue weighted by atomic mass is 9.65. The minimum Gasteiger partial charge on any atom is -0.508 e. The molecule has 0 amide bonds. The van der Waals surface area contributed by atoms with Crippen LogP contribution >= 0.6 is 0 Å². The van der Waals surface area contributed by atoms with Crippen molar-refractivity contribution in [2.24, 2.45) is 5.92 Å². The number of ketones is 2. The van der Waals surface area contributed by atoms with Gasteiger partial charge in [-0.3, -0.25) is 9.59 Å². The van der Waals surface area contributed by atoms with Gasteiger partial charge in [0, 0.05) is 54.0 Å². The molecular weight excluding hydrogens is 672 g/mol. The number of benzene rings is 4. The molecule has 5 atom stereocenters. The van der Waals surface area contributed by atoms with Gasteiger partial charge in [-0.05, 0) is 63.1 Å². The fraction of sp³-hybridized carbons (Fsp3) is 0.250. The van der Waals surface area contributed by atoms with Crippen LogP contribution in [0.15, 0.2) is 84.0 Å². The Labute approximate surface area is 297 Å². The van der Waals surface area contributed by atoms with Gasteiger partial charge in [0.1, 0.15) is 57.3 Å². The van der Waals surface area contributed by atoms with E-state index in [2.05, 4.69) is 0 Å². The summed E-state index contributed by atoms with van der Waals surface area (Å²) in [4.78, 5) is 29.4. The van der Waals surface area contributed by atoms with Crippen LogP contribution in [-0.2, 0) is 5.79 Å². The van der Waals surface area contributed by atoms with Crippen LogP contribution in [0.2, 0.25) is 0 Å². The van der Waals surface area contributed by atoms with E-state index in [1.807, 2.05) is 0 Å². The largest absolute Gasteiger partial charge is 0.508 e. The Hall–Kier alpha value is -6.14. The van der Waals surface area contributed by atoms with Crippen LogP contribution in [0.1, 0.15) is 82.9 Å². The van der Waals surface area contributed by atoms with E-state index < -0.39 is 63.5 Å². The summed E-state index contributed by atoms with van der Waals surface area (Å²) < 4.78 is 12.3. The fourth-order valence-electron chi connectivity index (χ4n) is 7.81. The summed E-state index contributed by atoms with van der Waals surface area (Å²) in [5.41, 5.74) is -1.30. The van der Waals surface area contributed by atoms with Gasteiger partial charge in [-0.25, -0.2) is 0 Å². The lowest BCUT2D eigenvalue weighted by molar-refractivity contribution is -0.221. The molecule has 2 aliphatic heterocycles. The SMILES string of the molecule is CC(C)=CC[C@@]12Oc3cc(O)ccc3[C@]1(O)Oc1cc(O)c([C@H]3C=C(C)C[C@@H](c4ccc(O)cc4O)[C@@H]3C(=O)c3ccc(O)cc3O)c(O)c1C2=O. The molecule has 3 aliphatic rings. The molecule has 0 spiro atoms. The highest BCUT2D eigenvalue weighted by Gasteiger charge is 2.70. The Morgan fingerprint density at radius 1 is 0.827 bits per heavy atom. The monoisotopic (exact) mass is 708 g/mol. The molecule has 7 rings (SSSR count). The van der Waals surface area contributed by atoms with Crippen molar-refractivity contribution in [3.8, 4) is 51.7 Å². The van der Waals surface area contributed by atoms with Crippen molar-refractivity contribution in [3.05, 3.63) is 112 Å². The second-order valence-corrected chi connectivity index (χ2v) is 13.9. The van der Waals surface area contributed by atoms with Crippen LogP contribution in [0.3, 0.4) is 0 Å². The lowest BCUT2D eigenvalue weighted by Crippen LogP contribution is -2.62. The molecule has 8 N–H and O–H groups in total. The molecule has 0 fully saturated rings. The van der Waals surface area contributed by atoms with Gasteiger partial charge in [0.2, 0.25) is 11.4 Å². The first-order valence-corrected chi connectivity index (χ1v) is 16.5. The van der Waals surface area contributed by atoms with Gasteiger partial charge in [0.05, 0.1) is 11.1 Å². The second-order valence-electron chi connectivity index (χ2n) is 13.9. The normalized spacial score (nSPS) is 24.4. The van der Waals surface area contributed by atoms with E-state index in [9.17, 15) is 50.4 Å². The zero-order valence-corrected chi connectivity index (χ0v) is 28.3. The highest BCUT2D eigenvalue weighted by molar-refractivity contribution is 6.10.